The van der Waals surface area contributed by atoms with Gasteiger partial charge in [-0.05, 0) is 55.5 Å². The van der Waals surface area contributed by atoms with Crippen LogP contribution in [0.2, 0.25) is 0 Å². The van der Waals surface area contributed by atoms with E-state index >= 15 is 0 Å². The SMILES string of the molecule is COc1ccc(-n2c(N)c(C(=O)Nc3ccc(C)cc3)sc2=S)cc1. The number of hydrogen-bond acceptors (Lipinski definition) is 5. The van der Waals surface area contributed by atoms with E-state index in [4.69, 9.17) is 22.7 Å². The summed E-state index contributed by atoms with van der Waals surface area (Å²) in [6, 6.07) is 14.9. The number of methoxy groups -OCH3 is 1. The van der Waals surface area contributed by atoms with Crippen LogP contribution in [0.3, 0.4) is 0 Å². The first kappa shape index (κ1) is 17.2. The highest BCUT2D eigenvalue weighted by Crippen LogP contribution is 2.28. The van der Waals surface area contributed by atoms with E-state index in [0.717, 1.165) is 17.0 Å². The summed E-state index contributed by atoms with van der Waals surface area (Å²) >= 11 is 6.58. The largest absolute Gasteiger partial charge is 0.497 e. The Labute approximate surface area is 154 Å². The van der Waals surface area contributed by atoms with Crippen molar-refractivity contribution in [3.63, 3.8) is 0 Å². The Bertz CT molecular complexity index is 957. The number of nitrogens with zero attached hydrogens (tertiary/aromatic N) is 1. The third kappa shape index (κ3) is 3.57. The van der Waals surface area contributed by atoms with E-state index in [1.54, 1.807) is 11.7 Å². The molecule has 0 bridgehead atoms. The lowest BCUT2D eigenvalue weighted by atomic mass is 10.2. The van der Waals surface area contributed by atoms with Crippen molar-refractivity contribution in [3.05, 3.63) is 62.9 Å². The van der Waals surface area contributed by atoms with Crippen molar-refractivity contribution in [2.75, 3.05) is 18.2 Å². The summed E-state index contributed by atoms with van der Waals surface area (Å²) in [5, 5.41) is 2.85. The lowest BCUT2D eigenvalue weighted by molar-refractivity contribution is 0.103. The van der Waals surface area contributed by atoms with E-state index < -0.39 is 0 Å². The van der Waals surface area contributed by atoms with E-state index in [1.165, 1.54) is 11.3 Å². The molecule has 0 saturated carbocycles. The minimum absolute atomic E-state index is 0.273. The summed E-state index contributed by atoms with van der Waals surface area (Å²) in [5.41, 5.74) is 8.82. The monoisotopic (exact) mass is 371 g/mol. The summed E-state index contributed by atoms with van der Waals surface area (Å²) in [5.74, 6) is 0.788. The van der Waals surface area contributed by atoms with Gasteiger partial charge in [-0.3, -0.25) is 9.36 Å². The molecule has 2 aromatic carbocycles. The minimum Gasteiger partial charge on any atom is -0.497 e. The number of nitrogens with two attached hydrogens (primary N) is 1. The fraction of sp³-hybridized carbons (Fsp3) is 0.111. The Hall–Kier alpha value is -2.64. The second-order valence-electron chi connectivity index (χ2n) is 5.44. The number of aryl methyl sites for hydroxylation is 1. The number of hydrogen-bond donors (Lipinski definition) is 2. The van der Waals surface area contributed by atoms with Crippen LogP contribution in [-0.4, -0.2) is 17.6 Å². The fourth-order valence-corrected chi connectivity index (χ4v) is 3.61. The Kier molecular flexibility index (Phi) is 4.87. The minimum atomic E-state index is -0.273. The molecule has 3 aromatic rings. The molecule has 3 N–H and O–H groups in total. The van der Waals surface area contributed by atoms with Crippen LogP contribution in [0.1, 0.15) is 15.2 Å². The predicted molar refractivity (Wildman–Crippen MR) is 105 cm³/mol. The number of nitrogen functional groups attached to an aromatic ring is 1. The average Bonchev–Trinajstić information content (AvgIpc) is 2.91. The molecule has 0 aliphatic carbocycles. The third-order valence-corrected chi connectivity index (χ3v) is 5.08. The molecule has 1 aromatic heterocycles. The quantitative estimate of drug-likeness (QED) is 0.666. The van der Waals surface area contributed by atoms with Gasteiger partial charge in [-0.2, -0.15) is 0 Å². The summed E-state index contributed by atoms with van der Waals surface area (Å²) in [6.45, 7) is 1.99. The first-order valence-electron chi connectivity index (χ1n) is 7.53. The Morgan fingerprint density at radius 1 is 1.16 bits per heavy atom. The van der Waals surface area contributed by atoms with E-state index in [2.05, 4.69) is 5.32 Å². The summed E-state index contributed by atoms with van der Waals surface area (Å²) in [6.07, 6.45) is 0. The Morgan fingerprint density at radius 3 is 2.40 bits per heavy atom. The highest BCUT2D eigenvalue weighted by atomic mass is 32.1. The smallest absolute Gasteiger partial charge is 0.269 e. The van der Waals surface area contributed by atoms with Gasteiger partial charge in [0.1, 0.15) is 16.4 Å². The standard InChI is InChI=1S/C18H17N3O2S2/c1-11-3-5-12(6-4-11)20-17(22)15-16(19)21(18(24)25-15)13-7-9-14(23-2)10-8-13/h3-10H,19H2,1-2H3,(H,20,22). The molecule has 0 spiro atoms. The predicted octanol–water partition coefficient (Wildman–Crippen LogP) is 4.42. The lowest BCUT2D eigenvalue weighted by Gasteiger charge is -2.08. The third-order valence-electron chi connectivity index (χ3n) is 3.69. The van der Waals surface area contributed by atoms with Crippen molar-refractivity contribution in [2.24, 2.45) is 0 Å². The van der Waals surface area contributed by atoms with Gasteiger partial charge < -0.3 is 15.8 Å². The fourth-order valence-electron chi connectivity index (χ4n) is 2.35. The number of thiazole rings is 1. The van der Waals surface area contributed by atoms with Crippen LogP contribution >= 0.6 is 23.6 Å². The molecule has 5 nitrogen and oxygen atoms in total. The van der Waals surface area contributed by atoms with Crippen LogP contribution in [0.5, 0.6) is 5.75 Å². The number of nitrogens with one attached hydrogen (secondary N) is 1. The summed E-state index contributed by atoms with van der Waals surface area (Å²) in [4.78, 5) is 12.9. The highest BCUT2D eigenvalue weighted by Gasteiger charge is 2.18. The molecule has 0 unspecified atom stereocenters. The molecule has 0 radical (unpaired) electrons. The van der Waals surface area contributed by atoms with Gasteiger partial charge in [-0.25, -0.2) is 0 Å². The maximum absolute atomic E-state index is 12.6. The second kappa shape index (κ2) is 7.08. The van der Waals surface area contributed by atoms with Crippen LogP contribution in [0.15, 0.2) is 48.5 Å². The van der Waals surface area contributed by atoms with Gasteiger partial charge in [0.2, 0.25) is 0 Å². The normalized spacial score (nSPS) is 10.5. The van der Waals surface area contributed by atoms with Crippen LogP contribution in [-0.2, 0) is 0 Å². The number of aromatic nitrogens is 1. The number of anilines is 2. The number of ether oxygens (including phenoxy) is 1. The molecule has 0 atom stereocenters. The van der Waals surface area contributed by atoms with Gasteiger partial charge in [-0.15, -0.1) is 0 Å². The van der Waals surface area contributed by atoms with E-state index in [9.17, 15) is 4.79 Å². The van der Waals surface area contributed by atoms with Crippen LogP contribution in [0.25, 0.3) is 5.69 Å². The Morgan fingerprint density at radius 2 is 1.80 bits per heavy atom. The maximum Gasteiger partial charge on any atom is 0.269 e. The van der Waals surface area contributed by atoms with Gasteiger partial charge >= 0.3 is 0 Å². The molecule has 0 fully saturated rings. The highest BCUT2D eigenvalue weighted by molar-refractivity contribution is 7.73. The first-order chi connectivity index (χ1) is 12.0. The molecule has 25 heavy (non-hydrogen) atoms. The number of carbonyl (C=O) groups is 1. The molecule has 1 heterocycles. The van der Waals surface area contributed by atoms with E-state index in [-0.39, 0.29) is 5.91 Å². The topological polar surface area (TPSA) is 69.3 Å². The van der Waals surface area contributed by atoms with Crippen LogP contribution in [0, 0.1) is 10.9 Å². The Balaban J connectivity index is 1.91. The van der Waals surface area contributed by atoms with Crippen molar-refractivity contribution in [1.82, 2.24) is 4.57 Å². The number of carbonyl (C=O) groups excluding carboxylic acids is 1. The van der Waals surface area contributed by atoms with Gasteiger partial charge in [-0.1, -0.05) is 29.0 Å². The zero-order valence-corrected chi connectivity index (χ0v) is 15.4. The van der Waals surface area contributed by atoms with Gasteiger partial charge in [0, 0.05) is 11.4 Å². The number of benzene rings is 2. The molecular weight excluding hydrogens is 354 g/mol. The number of amides is 1. The molecular formula is C18H17N3O2S2. The van der Waals surface area contributed by atoms with Crippen molar-refractivity contribution in [1.29, 1.82) is 0 Å². The maximum atomic E-state index is 12.6. The molecule has 7 heteroatoms. The molecule has 3 rings (SSSR count). The molecule has 0 saturated heterocycles. The summed E-state index contributed by atoms with van der Waals surface area (Å²) in [7, 11) is 1.60. The van der Waals surface area contributed by atoms with Crippen LogP contribution in [0.4, 0.5) is 11.5 Å². The van der Waals surface area contributed by atoms with Crippen LogP contribution < -0.4 is 15.8 Å². The molecule has 1 amide bonds. The van der Waals surface area contributed by atoms with Crippen molar-refractivity contribution >= 4 is 41.0 Å². The zero-order valence-electron chi connectivity index (χ0n) is 13.8. The van der Waals surface area contributed by atoms with E-state index in [1.807, 2.05) is 55.5 Å². The molecule has 0 aliphatic rings. The van der Waals surface area contributed by atoms with Crippen molar-refractivity contribution in [3.8, 4) is 11.4 Å². The lowest BCUT2D eigenvalue weighted by Crippen LogP contribution is -2.13. The second-order valence-corrected chi connectivity index (χ2v) is 7.08. The zero-order chi connectivity index (χ0) is 18.0. The van der Waals surface area contributed by atoms with E-state index in [0.29, 0.717) is 20.3 Å². The van der Waals surface area contributed by atoms with Crippen molar-refractivity contribution < 1.29 is 9.53 Å². The van der Waals surface area contributed by atoms with Gasteiger partial charge in [0.15, 0.2) is 3.95 Å². The average molecular weight is 371 g/mol. The van der Waals surface area contributed by atoms with Gasteiger partial charge in [0.05, 0.1) is 7.11 Å². The molecule has 0 aliphatic heterocycles. The molecule has 128 valence electrons. The first-order valence-corrected chi connectivity index (χ1v) is 8.76. The van der Waals surface area contributed by atoms with Crippen molar-refractivity contribution in [2.45, 2.75) is 6.92 Å². The summed E-state index contributed by atoms with van der Waals surface area (Å²) < 4.78 is 7.35. The number of rotatable bonds is 4. The van der Waals surface area contributed by atoms with Gasteiger partial charge in [0.25, 0.3) is 5.91 Å².